The lowest BCUT2D eigenvalue weighted by Gasteiger charge is -2.02. The van der Waals surface area contributed by atoms with E-state index in [-0.39, 0.29) is 0 Å². The Labute approximate surface area is 105 Å². The Hall–Kier alpha value is -1.13. The van der Waals surface area contributed by atoms with Crippen LogP contribution in [0.15, 0.2) is 18.3 Å². The Morgan fingerprint density at radius 2 is 2.35 bits per heavy atom. The highest BCUT2D eigenvalue weighted by Gasteiger charge is 2.21. The molecule has 2 aromatic heterocycles. The number of thiophene rings is 1. The fraction of sp³-hybridized carbons (Fsp3) is 0.462. The summed E-state index contributed by atoms with van der Waals surface area (Å²) in [5.41, 5.74) is 2.46. The molecule has 0 aromatic carbocycles. The van der Waals surface area contributed by atoms with E-state index >= 15 is 0 Å². The van der Waals surface area contributed by atoms with Gasteiger partial charge in [0.05, 0.1) is 16.8 Å². The predicted octanol–water partition coefficient (Wildman–Crippen LogP) is 2.95. The Balaban J connectivity index is 1.78. The summed E-state index contributed by atoms with van der Waals surface area (Å²) in [6, 6.07) is 5.14. The fourth-order valence-corrected chi connectivity index (χ4v) is 2.88. The first-order chi connectivity index (χ1) is 8.36. The summed E-state index contributed by atoms with van der Waals surface area (Å²) in [7, 11) is 0. The number of hydrogen-bond donors (Lipinski definition) is 2. The summed E-state index contributed by atoms with van der Waals surface area (Å²) in [5, 5.41) is 10.8. The van der Waals surface area contributed by atoms with Crippen molar-refractivity contribution in [3.63, 3.8) is 0 Å². The van der Waals surface area contributed by atoms with Crippen molar-refractivity contribution in [2.75, 3.05) is 0 Å². The highest BCUT2D eigenvalue weighted by atomic mass is 32.1. The van der Waals surface area contributed by atoms with Gasteiger partial charge in [0.2, 0.25) is 0 Å². The van der Waals surface area contributed by atoms with Gasteiger partial charge in [-0.25, -0.2) is 0 Å². The lowest BCUT2D eigenvalue weighted by molar-refractivity contribution is 0.689. The minimum atomic E-state index is 0.743. The Bertz CT molecular complexity index is 496. The van der Waals surface area contributed by atoms with Crippen LogP contribution in [0.5, 0.6) is 0 Å². The number of aromatic amines is 1. The van der Waals surface area contributed by atoms with Crippen molar-refractivity contribution in [3.8, 4) is 10.6 Å². The van der Waals surface area contributed by atoms with Gasteiger partial charge in [0.1, 0.15) is 0 Å². The second-order valence-corrected chi connectivity index (χ2v) is 5.71. The molecule has 1 fully saturated rings. The van der Waals surface area contributed by atoms with E-state index in [1.807, 2.05) is 17.5 Å². The molecule has 0 unspecified atom stereocenters. The molecule has 0 amide bonds. The van der Waals surface area contributed by atoms with Gasteiger partial charge in [-0.2, -0.15) is 5.10 Å². The van der Waals surface area contributed by atoms with E-state index in [4.69, 9.17) is 0 Å². The van der Waals surface area contributed by atoms with Crippen LogP contribution in [-0.4, -0.2) is 16.2 Å². The lowest BCUT2D eigenvalue weighted by atomic mass is 10.2. The van der Waals surface area contributed by atoms with Gasteiger partial charge in [-0.3, -0.25) is 5.10 Å². The van der Waals surface area contributed by atoms with Crippen molar-refractivity contribution in [1.82, 2.24) is 15.5 Å². The average Bonchev–Trinajstić information content (AvgIpc) is 2.89. The number of aryl methyl sites for hydroxylation is 1. The van der Waals surface area contributed by atoms with Crippen LogP contribution in [0.3, 0.4) is 0 Å². The molecule has 17 heavy (non-hydrogen) atoms. The van der Waals surface area contributed by atoms with E-state index in [0.717, 1.165) is 19.0 Å². The molecule has 0 atom stereocenters. The van der Waals surface area contributed by atoms with Gasteiger partial charge in [0, 0.05) is 23.0 Å². The highest BCUT2D eigenvalue weighted by Crippen LogP contribution is 2.29. The van der Waals surface area contributed by atoms with Gasteiger partial charge >= 0.3 is 0 Å². The lowest BCUT2D eigenvalue weighted by Crippen LogP contribution is -2.15. The quantitative estimate of drug-likeness (QED) is 0.853. The molecular weight excluding hydrogens is 230 g/mol. The molecule has 4 heteroatoms. The van der Waals surface area contributed by atoms with E-state index in [0.29, 0.717) is 0 Å². The van der Waals surface area contributed by atoms with Crippen LogP contribution in [0.1, 0.15) is 30.2 Å². The molecule has 3 nitrogen and oxygen atoms in total. The van der Waals surface area contributed by atoms with E-state index in [1.165, 1.54) is 33.9 Å². The summed E-state index contributed by atoms with van der Waals surface area (Å²) in [6.07, 6.45) is 5.70. The fourth-order valence-electron chi connectivity index (χ4n) is 1.90. The van der Waals surface area contributed by atoms with Crippen molar-refractivity contribution in [3.05, 3.63) is 28.8 Å². The molecule has 1 saturated carbocycles. The van der Waals surface area contributed by atoms with E-state index in [1.54, 1.807) is 0 Å². The van der Waals surface area contributed by atoms with Crippen molar-refractivity contribution in [2.24, 2.45) is 0 Å². The molecular formula is C13H17N3S. The van der Waals surface area contributed by atoms with Gasteiger partial charge < -0.3 is 5.32 Å². The summed E-state index contributed by atoms with van der Waals surface area (Å²) >= 11 is 1.86. The molecule has 90 valence electrons. The Kier molecular flexibility index (Phi) is 2.99. The standard InChI is InChI=1S/C13H17N3S/c1-2-11-5-6-12(17-11)13-9(8-15-16-13)7-14-10-3-4-10/h5-6,8,10,14H,2-4,7H2,1H3,(H,15,16). The molecule has 1 aliphatic carbocycles. The van der Waals surface area contributed by atoms with Crippen molar-refractivity contribution in [1.29, 1.82) is 0 Å². The summed E-state index contributed by atoms with van der Waals surface area (Å²) in [6.45, 7) is 3.12. The monoisotopic (exact) mass is 247 g/mol. The molecule has 2 N–H and O–H groups in total. The first-order valence-corrected chi connectivity index (χ1v) is 7.03. The Morgan fingerprint density at radius 3 is 3.06 bits per heavy atom. The Morgan fingerprint density at radius 1 is 1.47 bits per heavy atom. The first kappa shape index (κ1) is 11.0. The van der Waals surface area contributed by atoms with Gasteiger partial charge in [-0.1, -0.05) is 6.92 Å². The summed E-state index contributed by atoms with van der Waals surface area (Å²) in [5.74, 6) is 0. The second kappa shape index (κ2) is 4.63. The molecule has 0 aliphatic heterocycles. The van der Waals surface area contributed by atoms with Crippen LogP contribution in [0.25, 0.3) is 10.6 Å². The molecule has 0 spiro atoms. The van der Waals surface area contributed by atoms with Crippen LogP contribution in [0.4, 0.5) is 0 Å². The van der Waals surface area contributed by atoms with Crippen LogP contribution >= 0.6 is 11.3 Å². The molecule has 0 radical (unpaired) electrons. The third kappa shape index (κ3) is 2.42. The van der Waals surface area contributed by atoms with Crippen molar-refractivity contribution >= 4 is 11.3 Å². The molecule has 0 bridgehead atoms. The molecule has 3 rings (SSSR count). The zero-order chi connectivity index (χ0) is 11.7. The average molecular weight is 247 g/mol. The van der Waals surface area contributed by atoms with E-state index < -0.39 is 0 Å². The predicted molar refractivity (Wildman–Crippen MR) is 71.1 cm³/mol. The first-order valence-electron chi connectivity index (χ1n) is 6.21. The summed E-state index contributed by atoms with van der Waals surface area (Å²) < 4.78 is 0. The van der Waals surface area contributed by atoms with Crippen molar-refractivity contribution in [2.45, 2.75) is 38.8 Å². The van der Waals surface area contributed by atoms with Crippen molar-refractivity contribution < 1.29 is 0 Å². The largest absolute Gasteiger partial charge is 0.310 e. The SMILES string of the molecule is CCc1ccc(-c2[nH]ncc2CNC2CC2)s1. The number of aromatic nitrogens is 2. The number of nitrogens with zero attached hydrogens (tertiary/aromatic N) is 1. The maximum absolute atomic E-state index is 4.17. The number of rotatable bonds is 5. The van der Waals surface area contributed by atoms with E-state index in [9.17, 15) is 0 Å². The highest BCUT2D eigenvalue weighted by molar-refractivity contribution is 7.15. The van der Waals surface area contributed by atoms with Gasteiger partial charge in [-0.15, -0.1) is 11.3 Å². The van der Waals surface area contributed by atoms with Gasteiger partial charge in [0.25, 0.3) is 0 Å². The normalized spacial score (nSPS) is 15.4. The number of H-pyrrole nitrogens is 1. The molecule has 1 aliphatic rings. The molecule has 2 heterocycles. The minimum absolute atomic E-state index is 0.743. The summed E-state index contributed by atoms with van der Waals surface area (Å²) in [4.78, 5) is 2.72. The third-order valence-corrected chi connectivity index (χ3v) is 4.38. The second-order valence-electron chi connectivity index (χ2n) is 4.54. The van der Waals surface area contributed by atoms with Crippen LogP contribution in [0, 0.1) is 0 Å². The molecule has 2 aromatic rings. The topological polar surface area (TPSA) is 40.7 Å². The van der Waals surface area contributed by atoms with Crippen LogP contribution in [0.2, 0.25) is 0 Å². The third-order valence-electron chi connectivity index (χ3n) is 3.13. The van der Waals surface area contributed by atoms with Gasteiger partial charge in [-0.05, 0) is 31.4 Å². The maximum Gasteiger partial charge on any atom is 0.0794 e. The van der Waals surface area contributed by atoms with Gasteiger partial charge in [0.15, 0.2) is 0 Å². The number of nitrogens with one attached hydrogen (secondary N) is 2. The minimum Gasteiger partial charge on any atom is -0.310 e. The van der Waals surface area contributed by atoms with Crippen LogP contribution in [-0.2, 0) is 13.0 Å². The zero-order valence-electron chi connectivity index (χ0n) is 9.99. The zero-order valence-corrected chi connectivity index (χ0v) is 10.8. The smallest absolute Gasteiger partial charge is 0.0794 e. The maximum atomic E-state index is 4.17. The van der Waals surface area contributed by atoms with Crippen LogP contribution < -0.4 is 5.32 Å². The van der Waals surface area contributed by atoms with E-state index in [2.05, 4.69) is 34.6 Å². The number of hydrogen-bond acceptors (Lipinski definition) is 3. The molecule has 0 saturated heterocycles.